The summed E-state index contributed by atoms with van der Waals surface area (Å²) in [4.78, 5) is 4.01. The molecular formula is C8H9NO2. The third-order valence-electron chi connectivity index (χ3n) is 1.68. The minimum Gasteiger partial charge on any atom is -0.495 e. The van der Waals surface area contributed by atoms with Crippen molar-refractivity contribution >= 4 is 0 Å². The summed E-state index contributed by atoms with van der Waals surface area (Å²) in [6.45, 7) is 0.814. The van der Waals surface area contributed by atoms with E-state index in [2.05, 4.69) is 4.98 Å². The molecule has 1 saturated heterocycles. The van der Waals surface area contributed by atoms with E-state index in [1.54, 1.807) is 19.5 Å². The summed E-state index contributed by atoms with van der Waals surface area (Å²) < 4.78 is 10.1. The van der Waals surface area contributed by atoms with E-state index >= 15 is 0 Å². The summed E-state index contributed by atoms with van der Waals surface area (Å²) >= 11 is 0. The Balaban J connectivity index is 2.26. The van der Waals surface area contributed by atoms with Crippen molar-refractivity contribution in [1.82, 2.24) is 4.98 Å². The standard InChI is InChI=1S/C8H9NO2/c1-10-7-2-6(3-9-4-7)8-5-11-8/h2-4,8H,5H2,1H3/t8-/m1/s1. The Hall–Kier alpha value is -1.09. The lowest BCUT2D eigenvalue weighted by Gasteiger charge is -1.99. The Kier molecular flexibility index (Phi) is 1.51. The van der Waals surface area contributed by atoms with Gasteiger partial charge < -0.3 is 9.47 Å². The first-order valence-corrected chi connectivity index (χ1v) is 3.50. The maximum atomic E-state index is 5.10. The van der Waals surface area contributed by atoms with E-state index in [4.69, 9.17) is 9.47 Å². The number of ether oxygens (including phenoxy) is 2. The summed E-state index contributed by atoms with van der Waals surface area (Å²) in [6, 6.07) is 1.95. The average Bonchev–Trinajstić information content (AvgIpc) is 2.87. The predicted molar refractivity (Wildman–Crippen MR) is 39.5 cm³/mol. The van der Waals surface area contributed by atoms with E-state index < -0.39 is 0 Å². The fourth-order valence-corrected chi connectivity index (χ4v) is 0.964. The third-order valence-corrected chi connectivity index (χ3v) is 1.68. The number of epoxide rings is 1. The van der Waals surface area contributed by atoms with Crippen LogP contribution in [0.2, 0.25) is 0 Å². The van der Waals surface area contributed by atoms with Gasteiger partial charge in [0.25, 0.3) is 0 Å². The average molecular weight is 151 g/mol. The zero-order valence-electron chi connectivity index (χ0n) is 6.28. The number of pyridine rings is 1. The molecule has 3 nitrogen and oxygen atoms in total. The minimum atomic E-state index is 0.262. The van der Waals surface area contributed by atoms with Crippen molar-refractivity contribution in [2.75, 3.05) is 13.7 Å². The van der Waals surface area contributed by atoms with E-state index in [9.17, 15) is 0 Å². The van der Waals surface area contributed by atoms with Gasteiger partial charge in [-0.2, -0.15) is 0 Å². The zero-order chi connectivity index (χ0) is 7.68. The molecule has 0 saturated carbocycles. The van der Waals surface area contributed by atoms with Crippen LogP contribution >= 0.6 is 0 Å². The number of methoxy groups -OCH3 is 1. The molecule has 3 heteroatoms. The van der Waals surface area contributed by atoms with Gasteiger partial charge in [-0.1, -0.05) is 0 Å². The fourth-order valence-electron chi connectivity index (χ4n) is 0.964. The van der Waals surface area contributed by atoms with Crippen LogP contribution in [0.3, 0.4) is 0 Å². The van der Waals surface area contributed by atoms with Crippen molar-refractivity contribution in [2.45, 2.75) is 6.10 Å². The number of rotatable bonds is 2. The Morgan fingerprint density at radius 3 is 3.09 bits per heavy atom. The van der Waals surface area contributed by atoms with Crippen molar-refractivity contribution in [3.63, 3.8) is 0 Å². The molecule has 1 aliphatic rings. The van der Waals surface area contributed by atoms with E-state index in [0.717, 1.165) is 17.9 Å². The number of hydrogen-bond acceptors (Lipinski definition) is 3. The maximum Gasteiger partial charge on any atom is 0.137 e. The van der Waals surface area contributed by atoms with Gasteiger partial charge in [-0.05, 0) is 6.07 Å². The lowest BCUT2D eigenvalue weighted by molar-refractivity contribution is 0.402. The molecular weight excluding hydrogens is 142 g/mol. The van der Waals surface area contributed by atoms with Crippen molar-refractivity contribution in [3.8, 4) is 5.75 Å². The molecule has 1 atom stereocenters. The van der Waals surface area contributed by atoms with E-state index in [-0.39, 0.29) is 6.10 Å². The minimum absolute atomic E-state index is 0.262. The quantitative estimate of drug-likeness (QED) is 0.595. The topological polar surface area (TPSA) is 34.6 Å². The molecule has 0 N–H and O–H groups in total. The second kappa shape index (κ2) is 2.51. The van der Waals surface area contributed by atoms with Crippen LogP contribution in [-0.2, 0) is 4.74 Å². The molecule has 0 aliphatic carbocycles. The highest BCUT2D eigenvalue weighted by atomic mass is 16.6. The molecule has 0 spiro atoms. The van der Waals surface area contributed by atoms with Crippen LogP contribution in [0.1, 0.15) is 11.7 Å². The van der Waals surface area contributed by atoms with Gasteiger partial charge in [0, 0.05) is 11.8 Å². The van der Waals surface area contributed by atoms with Crippen molar-refractivity contribution in [1.29, 1.82) is 0 Å². The molecule has 11 heavy (non-hydrogen) atoms. The molecule has 1 aromatic heterocycles. The maximum absolute atomic E-state index is 5.10. The van der Waals surface area contributed by atoms with Crippen LogP contribution in [0.5, 0.6) is 5.75 Å². The SMILES string of the molecule is COc1cncc([C@H]2CO2)c1. The highest BCUT2D eigenvalue weighted by Crippen LogP contribution is 2.30. The second-order valence-electron chi connectivity index (χ2n) is 2.48. The molecule has 1 fully saturated rings. The van der Waals surface area contributed by atoms with Gasteiger partial charge in [0.15, 0.2) is 0 Å². The van der Waals surface area contributed by atoms with Gasteiger partial charge in [-0.25, -0.2) is 0 Å². The van der Waals surface area contributed by atoms with E-state index in [1.807, 2.05) is 6.07 Å². The first-order valence-electron chi connectivity index (χ1n) is 3.50. The van der Waals surface area contributed by atoms with Gasteiger partial charge in [-0.3, -0.25) is 4.98 Å². The molecule has 1 aromatic rings. The molecule has 58 valence electrons. The fraction of sp³-hybridized carbons (Fsp3) is 0.375. The highest BCUT2D eigenvalue weighted by Gasteiger charge is 2.25. The summed E-state index contributed by atoms with van der Waals surface area (Å²) in [7, 11) is 1.63. The summed E-state index contributed by atoms with van der Waals surface area (Å²) in [5, 5.41) is 0. The zero-order valence-corrected chi connectivity index (χ0v) is 6.28. The second-order valence-corrected chi connectivity index (χ2v) is 2.48. The number of nitrogens with zero attached hydrogens (tertiary/aromatic N) is 1. The molecule has 0 unspecified atom stereocenters. The Morgan fingerprint density at radius 2 is 2.45 bits per heavy atom. The molecule has 0 bridgehead atoms. The number of aromatic nitrogens is 1. The lowest BCUT2D eigenvalue weighted by Crippen LogP contribution is -1.87. The normalized spacial score (nSPS) is 21.4. The molecule has 2 heterocycles. The molecule has 0 aromatic carbocycles. The number of hydrogen-bond donors (Lipinski definition) is 0. The monoisotopic (exact) mass is 151 g/mol. The Labute approximate surface area is 65.0 Å². The van der Waals surface area contributed by atoms with Crippen LogP contribution in [0.4, 0.5) is 0 Å². The largest absolute Gasteiger partial charge is 0.495 e. The van der Waals surface area contributed by atoms with Crippen LogP contribution < -0.4 is 4.74 Å². The van der Waals surface area contributed by atoms with Crippen LogP contribution in [0.15, 0.2) is 18.5 Å². The van der Waals surface area contributed by atoms with E-state index in [1.165, 1.54) is 0 Å². The van der Waals surface area contributed by atoms with Crippen LogP contribution in [0.25, 0.3) is 0 Å². The Bertz CT molecular complexity index is 258. The summed E-state index contributed by atoms with van der Waals surface area (Å²) in [5.41, 5.74) is 1.10. The van der Waals surface area contributed by atoms with Crippen molar-refractivity contribution < 1.29 is 9.47 Å². The van der Waals surface area contributed by atoms with E-state index in [0.29, 0.717) is 0 Å². The van der Waals surface area contributed by atoms with Gasteiger partial charge in [0.1, 0.15) is 11.9 Å². The smallest absolute Gasteiger partial charge is 0.137 e. The molecule has 1 aliphatic heterocycles. The van der Waals surface area contributed by atoms with Crippen molar-refractivity contribution in [2.24, 2.45) is 0 Å². The summed E-state index contributed by atoms with van der Waals surface area (Å²) in [6.07, 6.45) is 3.75. The Morgan fingerprint density at radius 1 is 1.64 bits per heavy atom. The van der Waals surface area contributed by atoms with Crippen LogP contribution in [0, 0.1) is 0 Å². The lowest BCUT2D eigenvalue weighted by atomic mass is 10.2. The molecule has 2 rings (SSSR count). The molecule has 0 radical (unpaired) electrons. The summed E-state index contributed by atoms with van der Waals surface area (Å²) in [5.74, 6) is 0.790. The van der Waals surface area contributed by atoms with Gasteiger partial charge in [-0.15, -0.1) is 0 Å². The van der Waals surface area contributed by atoms with Crippen molar-refractivity contribution in [3.05, 3.63) is 24.0 Å². The molecule has 0 amide bonds. The van der Waals surface area contributed by atoms with Gasteiger partial charge >= 0.3 is 0 Å². The predicted octanol–water partition coefficient (Wildman–Crippen LogP) is 1.16. The van der Waals surface area contributed by atoms with Gasteiger partial charge in [0.05, 0.1) is 19.9 Å². The van der Waals surface area contributed by atoms with Crippen LogP contribution in [-0.4, -0.2) is 18.7 Å². The first kappa shape index (κ1) is 6.61. The third kappa shape index (κ3) is 1.33. The first-order chi connectivity index (χ1) is 5.40. The highest BCUT2D eigenvalue weighted by molar-refractivity contribution is 5.26. The van der Waals surface area contributed by atoms with Gasteiger partial charge in [0.2, 0.25) is 0 Å².